The molecule has 0 fully saturated rings. The Morgan fingerprint density at radius 2 is 2.30 bits per heavy atom. The molecular weight excluding hydrogens is 276 g/mol. The molecule has 0 aliphatic heterocycles. The summed E-state index contributed by atoms with van der Waals surface area (Å²) in [6.45, 7) is 4.53. The minimum Gasteiger partial charge on any atom is -0.353 e. The normalized spacial score (nSPS) is 10.9. The molecule has 2 heterocycles. The molecule has 2 rings (SSSR count). The summed E-state index contributed by atoms with van der Waals surface area (Å²) in [6, 6.07) is 1.86. The lowest BCUT2D eigenvalue weighted by Crippen LogP contribution is -2.36. The van der Waals surface area contributed by atoms with Crippen LogP contribution in [0.1, 0.15) is 17.6 Å². The average Bonchev–Trinajstić information content (AvgIpc) is 2.84. The van der Waals surface area contributed by atoms with E-state index in [0.717, 1.165) is 16.1 Å². The Morgan fingerprint density at radius 1 is 1.55 bits per heavy atom. The molecule has 0 aromatic carbocycles. The summed E-state index contributed by atoms with van der Waals surface area (Å²) in [4.78, 5) is 30.4. The fraction of sp³-hybridized carbons (Fsp3) is 0.462. The van der Waals surface area contributed by atoms with Gasteiger partial charge in [-0.15, -0.1) is 11.3 Å². The van der Waals surface area contributed by atoms with Crippen molar-refractivity contribution in [1.29, 1.82) is 0 Å². The summed E-state index contributed by atoms with van der Waals surface area (Å²) in [6.07, 6.45) is 0.872. The number of rotatable bonds is 5. The molecule has 20 heavy (non-hydrogen) atoms. The number of fused-ring (bicyclic) bond motifs is 1. The molecular formula is C13H18N4O2S. The Morgan fingerprint density at radius 3 is 2.95 bits per heavy atom. The third-order valence-electron chi connectivity index (χ3n) is 3.01. The molecule has 3 N–H and O–H groups in total. The summed E-state index contributed by atoms with van der Waals surface area (Å²) in [5.41, 5.74) is 5.17. The first-order chi connectivity index (χ1) is 9.56. The van der Waals surface area contributed by atoms with Gasteiger partial charge in [-0.3, -0.25) is 14.2 Å². The monoisotopic (exact) mass is 294 g/mol. The molecule has 0 aliphatic carbocycles. The number of nitrogens with one attached hydrogen (secondary N) is 1. The fourth-order valence-corrected chi connectivity index (χ4v) is 2.94. The summed E-state index contributed by atoms with van der Waals surface area (Å²) < 4.78 is 1.40. The number of carbonyl (C=O) groups is 1. The van der Waals surface area contributed by atoms with E-state index in [1.165, 1.54) is 15.9 Å². The minimum absolute atomic E-state index is 0.0229. The zero-order valence-electron chi connectivity index (χ0n) is 11.6. The lowest BCUT2D eigenvalue weighted by molar-refractivity contribution is -0.121. The van der Waals surface area contributed by atoms with Crippen molar-refractivity contribution >= 4 is 27.5 Å². The van der Waals surface area contributed by atoms with Gasteiger partial charge < -0.3 is 11.1 Å². The number of hydrogen-bond acceptors (Lipinski definition) is 5. The smallest absolute Gasteiger partial charge is 0.262 e. The number of amides is 1. The molecule has 1 amide bonds. The molecule has 0 aliphatic rings. The number of thiophene rings is 1. The van der Waals surface area contributed by atoms with Gasteiger partial charge in [0.2, 0.25) is 5.91 Å². The minimum atomic E-state index is -0.229. The Balaban J connectivity index is 2.38. The molecule has 0 saturated heterocycles. The highest BCUT2D eigenvalue weighted by Gasteiger charge is 2.13. The van der Waals surface area contributed by atoms with Gasteiger partial charge in [0.1, 0.15) is 17.2 Å². The number of nitrogens with two attached hydrogens (primary N) is 1. The molecule has 2 aromatic heterocycles. The van der Waals surface area contributed by atoms with Gasteiger partial charge in [-0.25, -0.2) is 4.98 Å². The quantitative estimate of drug-likeness (QED) is 0.835. The first kappa shape index (κ1) is 14.7. The second kappa shape index (κ2) is 6.15. The van der Waals surface area contributed by atoms with Crippen molar-refractivity contribution in [2.45, 2.75) is 26.8 Å². The van der Waals surface area contributed by atoms with Crippen molar-refractivity contribution in [3.05, 3.63) is 27.1 Å². The van der Waals surface area contributed by atoms with Gasteiger partial charge in [0.25, 0.3) is 5.56 Å². The van der Waals surface area contributed by atoms with E-state index < -0.39 is 0 Å². The maximum atomic E-state index is 12.4. The second-order valence-corrected chi connectivity index (χ2v) is 5.59. The van der Waals surface area contributed by atoms with E-state index in [9.17, 15) is 9.59 Å². The predicted molar refractivity (Wildman–Crippen MR) is 80.1 cm³/mol. The summed E-state index contributed by atoms with van der Waals surface area (Å²) in [5, 5.41) is 3.24. The molecule has 0 bridgehead atoms. The van der Waals surface area contributed by atoms with E-state index >= 15 is 0 Å². The standard InChI is InChI=1S/C13H18N4O2S/c1-3-9-6-10-12(20-9)16-8(2)17(13(10)19)7-11(18)15-5-4-14/h6H,3-5,7,14H2,1-2H3,(H,15,18). The Labute approximate surface area is 120 Å². The molecule has 7 heteroatoms. The Kier molecular flexibility index (Phi) is 4.51. The van der Waals surface area contributed by atoms with Crippen molar-refractivity contribution in [2.75, 3.05) is 13.1 Å². The lowest BCUT2D eigenvalue weighted by atomic mass is 10.3. The number of carbonyl (C=O) groups excluding carboxylic acids is 1. The predicted octanol–water partition coefficient (Wildman–Crippen LogP) is 0.404. The van der Waals surface area contributed by atoms with Gasteiger partial charge in [-0.1, -0.05) is 6.92 Å². The highest BCUT2D eigenvalue weighted by Crippen LogP contribution is 2.21. The van der Waals surface area contributed by atoms with Crippen LogP contribution in [0.15, 0.2) is 10.9 Å². The van der Waals surface area contributed by atoms with E-state index in [2.05, 4.69) is 10.3 Å². The molecule has 2 aromatic rings. The first-order valence-electron chi connectivity index (χ1n) is 6.53. The van der Waals surface area contributed by atoms with Crippen molar-refractivity contribution in [3.8, 4) is 0 Å². The van der Waals surface area contributed by atoms with Crippen LogP contribution >= 0.6 is 11.3 Å². The summed E-state index contributed by atoms with van der Waals surface area (Å²) in [5.74, 6) is 0.322. The fourth-order valence-electron chi connectivity index (χ4n) is 1.94. The van der Waals surface area contributed by atoms with Gasteiger partial charge in [0.05, 0.1) is 5.39 Å². The number of aryl methyl sites for hydroxylation is 2. The van der Waals surface area contributed by atoms with Crippen LogP contribution in [0.4, 0.5) is 0 Å². The van der Waals surface area contributed by atoms with E-state index in [1.54, 1.807) is 6.92 Å². The maximum absolute atomic E-state index is 12.4. The molecule has 6 nitrogen and oxygen atoms in total. The van der Waals surface area contributed by atoms with Crippen LogP contribution in [0.3, 0.4) is 0 Å². The second-order valence-electron chi connectivity index (χ2n) is 4.47. The van der Waals surface area contributed by atoms with Crippen molar-refractivity contribution < 1.29 is 4.79 Å². The van der Waals surface area contributed by atoms with E-state index in [4.69, 9.17) is 5.73 Å². The highest BCUT2D eigenvalue weighted by molar-refractivity contribution is 7.18. The van der Waals surface area contributed by atoms with Crippen LogP contribution in [0, 0.1) is 6.92 Å². The number of nitrogens with zero attached hydrogens (tertiary/aromatic N) is 2. The maximum Gasteiger partial charge on any atom is 0.262 e. The molecule has 0 saturated carbocycles. The van der Waals surface area contributed by atoms with Gasteiger partial charge in [-0.2, -0.15) is 0 Å². The van der Waals surface area contributed by atoms with Crippen LogP contribution < -0.4 is 16.6 Å². The lowest BCUT2D eigenvalue weighted by Gasteiger charge is -2.09. The molecule has 0 atom stereocenters. The van der Waals surface area contributed by atoms with Gasteiger partial charge in [0.15, 0.2) is 0 Å². The largest absolute Gasteiger partial charge is 0.353 e. The van der Waals surface area contributed by atoms with Crippen LogP contribution in [-0.4, -0.2) is 28.5 Å². The average molecular weight is 294 g/mol. The Bertz CT molecular complexity index is 689. The van der Waals surface area contributed by atoms with Crippen LogP contribution in [0.2, 0.25) is 0 Å². The van der Waals surface area contributed by atoms with Crippen molar-refractivity contribution in [2.24, 2.45) is 5.73 Å². The zero-order chi connectivity index (χ0) is 14.7. The number of hydrogen-bond donors (Lipinski definition) is 2. The van der Waals surface area contributed by atoms with Crippen molar-refractivity contribution in [3.63, 3.8) is 0 Å². The van der Waals surface area contributed by atoms with E-state index in [-0.39, 0.29) is 18.0 Å². The Hall–Kier alpha value is -1.73. The van der Waals surface area contributed by atoms with Gasteiger partial charge >= 0.3 is 0 Å². The molecule has 108 valence electrons. The summed E-state index contributed by atoms with van der Waals surface area (Å²) in [7, 11) is 0. The third-order valence-corrected chi connectivity index (χ3v) is 4.18. The summed E-state index contributed by atoms with van der Waals surface area (Å²) >= 11 is 1.53. The van der Waals surface area contributed by atoms with Gasteiger partial charge in [0, 0.05) is 18.0 Å². The topological polar surface area (TPSA) is 90.0 Å². The highest BCUT2D eigenvalue weighted by atomic mass is 32.1. The van der Waals surface area contributed by atoms with E-state index in [1.807, 2.05) is 13.0 Å². The third kappa shape index (κ3) is 2.88. The van der Waals surface area contributed by atoms with E-state index in [0.29, 0.717) is 24.3 Å². The molecule has 0 spiro atoms. The van der Waals surface area contributed by atoms with Gasteiger partial charge in [-0.05, 0) is 19.4 Å². The first-order valence-corrected chi connectivity index (χ1v) is 7.35. The van der Waals surface area contributed by atoms with Crippen LogP contribution in [0.5, 0.6) is 0 Å². The van der Waals surface area contributed by atoms with Crippen LogP contribution in [-0.2, 0) is 17.8 Å². The SMILES string of the molecule is CCc1cc2c(=O)n(CC(=O)NCCN)c(C)nc2s1. The zero-order valence-corrected chi connectivity index (χ0v) is 12.4. The van der Waals surface area contributed by atoms with Crippen LogP contribution in [0.25, 0.3) is 10.2 Å². The number of aromatic nitrogens is 2. The molecule has 0 unspecified atom stereocenters. The van der Waals surface area contributed by atoms with Crippen molar-refractivity contribution in [1.82, 2.24) is 14.9 Å². The molecule has 0 radical (unpaired) electrons.